The van der Waals surface area contributed by atoms with Crippen LogP contribution in [0.4, 0.5) is 17.1 Å². The van der Waals surface area contributed by atoms with Crippen LogP contribution in [0.1, 0.15) is 33.7 Å². The lowest BCUT2D eigenvalue weighted by atomic mass is 10.2. The average molecular weight is 419 g/mol. The quantitative estimate of drug-likeness (QED) is 0.526. The van der Waals surface area contributed by atoms with Crippen LogP contribution in [0, 0.1) is 0 Å². The van der Waals surface area contributed by atoms with E-state index in [4.69, 9.17) is 5.73 Å². The molecule has 1 saturated heterocycles. The van der Waals surface area contributed by atoms with Crippen LogP contribution in [-0.2, 0) is 7.05 Å². The number of anilines is 3. The lowest BCUT2D eigenvalue weighted by Crippen LogP contribution is -2.40. The summed E-state index contributed by atoms with van der Waals surface area (Å²) in [6.45, 7) is 1.48. The first-order valence-corrected chi connectivity index (χ1v) is 10.2. The Kier molecular flexibility index (Phi) is 5.83. The van der Waals surface area contributed by atoms with E-state index in [-0.39, 0.29) is 23.6 Å². The molecule has 3 heterocycles. The van der Waals surface area contributed by atoms with Crippen molar-refractivity contribution in [3.8, 4) is 0 Å². The summed E-state index contributed by atoms with van der Waals surface area (Å²) in [5.41, 5.74) is 8.51. The molecule has 0 radical (unpaired) electrons. The monoisotopic (exact) mass is 419 g/mol. The fourth-order valence-corrected chi connectivity index (χ4v) is 3.72. The van der Waals surface area contributed by atoms with E-state index in [2.05, 4.69) is 25.6 Å². The molecule has 4 rings (SSSR count). The smallest absolute Gasteiger partial charge is 0.274 e. The van der Waals surface area contributed by atoms with E-state index in [9.17, 15) is 9.59 Å². The number of pyridine rings is 1. The van der Waals surface area contributed by atoms with E-state index >= 15 is 0 Å². The Hall–Kier alpha value is -3.88. The van der Waals surface area contributed by atoms with E-state index in [0.29, 0.717) is 23.5 Å². The number of aryl methyl sites for hydroxylation is 1. The van der Waals surface area contributed by atoms with Crippen molar-refractivity contribution < 1.29 is 9.59 Å². The van der Waals surface area contributed by atoms with Gasteiger partial charge in [-0.05, 0) is 37.1 Å². The molecule has 1 atom stereocenters. The normalized spacial score (nSPS) is 15.6. The number of amides is 2. The summed E-state index contributed by atoms with van der Waals surface area (Å²) in [5.74, 6) is -0.604. The standard InChI is InChI=1S/C22H25N7O2/c1-28-14-17(13-26-28)29-10-4-5-16(29)12-25-21(30)15-8-9-20(24-11-15)22(31)27-19-7-3-2-6-18(19)23/h2-3,6-9,11,13-14,16H,4-5,10,12,23H2,1H3,(H,25,30)(H,27,31)/t16-/m1/s1. The van der Waals surface area contributed by atoms with E-state index in [1.807, 2.05) is 19.4 Å². The molecule has 3 aromatic rings. The fourth-order valence-electron chi connectivity index (χ4n) is 3.72. The van der Waals surface area contributed by atoms with Gasteiger partial charge >= 0.3 is 0 Å². The zero-order valence-electron chi connectivity index (χ0n) is 17.3. The lowest BCUT2D eigenvalue weighted by molar-refractivity contribution is 0.0948. The molecule has 1 fully saturated rings. The Morgan fingerprint density at radius 2 is 2.00 bits per heavy atom. The molecule has 9 nitrogen and oxygen atoms in total. The molecule has 0 bridgehead atoms. The van der Waals surface area contributed by atoms with Crippen LogP contribution in [0.3, 0.4) is 0 Å². The van der Waals surface area contributed by atoms with Crippen LogP contribution >= 0.6 is 0 Å². The van der Waals surface area contributed by atoms with Gasteiger partial charge in [0.05, 0.1) is 28.8 Å². The minimum atomic E-state index is -0.386. The maximum Gasteiger partial charge on any atom is 0.274 e. The third-order valence-electron chi connectivity index (χ3n) is 5.37. The minimum Gasteiger partial charge on any atom is -0.397 e. The second-order valence-electron chi connectivity index (χ2n) is 7.55. The van der Waals surface area contributed by atoms with Crippen molar-refractivity contribution in [3.05, 3.63) is 66.2 Å². The zero-order chi connectivity index (χ0) is 21.8. The van der Waals surface area contributed by atoms with Gasteiger partial charge in [0, 0.05) is 38.6 Å². The maximum atomic E-state index is 12.6. The van der Waals surface area contributed by atoms with Gasteiger partial charge in [-0.25, -0.2) is 0 Å². The van der Waals surface area contributed by atoms with Crippen LogP contribution in [0.25, 0.3) is 0 Å². The van der Waals surface area contributed by atoms with Crippen molar-refractivity contribution in [2.45, 2.75) is 18.9 Å². The fraction of sp³-hybridized carbons (Fsp3) is 0.273. The summed E-state index contributed by atoms with van der Waals surface area (Å²) in [5, 5.41) is 9.93. The minimum absolute atomic E-state index is 0.207. The number of carbonyl (C=O) groups is 2. The predicted octanol–water partition coefficient (Wildman–Crippen LogP) is 2.05. The molecule has 1 aliphatic heterocycles. The molecule has 9 heteroatoms. The van der Waals surface area contributed by atoms with Crippen LogP contribution in [-0.4, -0.2) is 45.7 Å². The Labute approximate surface area is 180 Å². The maximum absolute atomic E-state index is 12.6. The summed E-state index contributed by atoms with van der Waals surface area (Å²) >= 11 is 0. The second kappa shape index (κ2) is 8.86. The van der Waals surface area contributed by atoms with Crippen molar-refractivity contribution >= 4 is 28.9 Å². The molecule has 0 aliphatic carbocycles. The number of carbonyl (C=O) groups excluding carboxylic acids is 2. The number of nitrogens with one attached hydrogen (secondary N) is 2. The first-order valence-electron chi connectivity index (χ1n) is 10.2. The van der Waals surface area contributed by atoms with Gasteiger partial charge in [-0.2, -0.15) is 5.10 Å². The molecule has 31 heavy (non-hydrogen) atoms. The van der Waals surface area contributed by atoms with Gasteiger partial charge in [0.2, 0.25) is 0 Å². The molecule has 2 amide bonds. The van der Waals surface area contributed by atoms with E-state index in [1.54, 1.807) is 35.0 Å². The third kappa shape index (κ3) is 4.66. The number of para-hydroxylation sites is 2. The van der Waals surface area contributed by atoms with Crippen LogP contribution in [0.2, 0.25) is 0 Å². The van der Waals surface area contributed by atoms with E-state index in [1.165, 1.54) is 12.3 Å². The SMILES string of the molecule is Cn1cc(N2CCC[C@@H]2CNC(=O)c2ccc(C(=O)Nc3ccccc3N)nc2)cn1. The number of hydrogen-bond donors (Lipinski definition) is 3. The van der Waals surface area contributed by atoms with Crippen LogP contribution in [0.15, 0.2) is 55.0 Å². The van der Waals surface area contributed by atoms with Crippen LogP contribution in [0.5, 0.6) is 0 Å². The predicted molar refractivity (Wildman–Crippen MR) is 119 cm³/mol. The highest BCUT2D eigenvalue weighted by molar-refractivity contribution is 6.04. The van der Waals surface area contributed by atoms with E-state index in [0.717, 1.165) is 25.1 Å². The molecule has 0 spiro atoms. The van der Waals surface area contributed by atoms with Crippen molar-refractivity contribution in [3.63, 3.8) is 0 Å². The highest BCUT2D eigenvalue weighted by Crippen LogP contribution is 2.24. The highest BCUT2D eigenvalue weighted by Gasteiger charge is 2.26. The molecule has 0 unspecified atom stereocenters. The Morgan fingerprint density at radius 1 is 1.16 bits per heavy atom. The van der Waals surface area contributed by atoms with Crippen molar-refractivity contribution in [2.24, 2.45) is 7.05 Å². The van der Waals surface area contributed by atoms with Crippen molar-refractivity contribution in [1.29, 1.82) is 0 Å². The molecule has 1 aliphatic rings. The molecule has 1 aromatic carbocycles. The summed E-state index contributed by atoms with van der Waals surface area (Å²) in [6, 6.07) is 10.3. The van der Waals surface area contributed by atoms with Gasteiger partial charge < -0.3 is 21.3 Å². The number of hydrogen-bond acceptors (Lipinski definition) is 6. The molecular weight excluding hydrogens is 394 g/mol. The lowest BCUT2D eigenvalue weighted by Gasteiger charge is -2.25. The first kappa shape index (κ1) is 20.4. The Balaban J connectivity index is 1.34. The van der Waals surface area contributed by atoms with Crippen molar-refractivity contribution in [2.75, 3.05) is 29.0 Å². The molecule has 4 N–H and O–H groups in total. The number of nitrogens with two attached hydrogens (primary N) is 1. The Morgan fingerprint density at radius 3 is 2.71 bits per heavy atom. The second-order valence-corrected chi connectivity index (χ2v) is 7.55. The number of benzene rings is 1. The number of rotatable bonds is 6. The van der Waals surface area contributed by atoms with Gasteiger partial charge in [0.25, 0.3) is 11.8 Å². The van der Waals surface area contributed by atoms with E-state index < -0.39 is 0 Å². The summed E-state index contributed by atoms with van der Waals surface area (Å²) in [7, 11) is 1.89. The number of nitrogens with zero attached hydrogens (tertiary/aromatic N) is 4. The largest absolute Gasteiger partial charge is 0.397 e. The van der Waals surface area contributed by atoms with Gasteiger partial charge in [0.15, 0.2) is 0 Å². The summed E-state index contributed by atoms with van der Waals surface area (Å²) in [6.07, 6.45) is 7.32. The third-order valence-corrected chi connectivity index (χ3v) is 5.37. The van der Waals surface area contributed by atoms with Crippen LogP contribution < -0.4 is 21.3 Å². The zero-order valence-corrected chi connectivity index (χ0v) is 17.3. The number of aromatic nitrogens is 3. The molecule has 160 valence electrons. The molecule has 2 aromatic heterocycles. The molecule has 0 saturated carbocycles. The van der Waals surface area contributed by atoms with Gasteiger partial charge in [-0.1, -0.05) is 12.1 Å². The average Bonchev–Trinajstić information content (AvgIpc) is 3.42. The van der Waals surface area contributed by atoms with Gasteiger partial charge in [0.1, 0.15) is 5.69 Å². The Bertz CT molecular complexity index is 1080. The summed E-state index contributed by atoms with van der Waals surface area (Å²) < 4.78 is 1.78. The number of nitrogen functional groups attached to an aromatic ring is 1. The van der Waals surface area contributed by atoms with Crippen molar-refractivity contribution in [1.82, 2.24) is 20.1 Å². The highest BCUT2D eigenvalue weighted by atomic mass is 16.2. The molecular formula is C22H25N7O2. The topological polar surface area (TPSA) is 118 Å². The summed E-state index contributed by atoms with van der Waals surface area (Å²) in [4.78, 5) is 31.3. The van der Waals surface area contributed by atoms with Gasteiger partial charge in [-0.15, -0.1) is 0 Å². The van der Waals surface area contributed by atoms with Gasteiger partial charge in [-0.3, -0.25) is 19.3 Å². The first-order chi connectivity index (χ1) is 15.0.